The second-order valence-corrected chi connectivity index (χ2v) is 5.80. The average molecular weight is 294 g/mol. The van der Waals surface area contributed by atoms with E-state index in [0.29, 0.717) is 0 Å². The first-order chi connectivity index (χ1) is 9.94. The van der Waals surface area contributed by atoms with E-state index in [2.05, 4.69) is 6.92 Å². The second kappa shape index (κ2) is 8.67. The normalized spacial score (nSPS) is 12.8. The predicted molar refractivity (Wildman–Crippen MR) is 81.7 cm³/mol. The van der Waals surface area contributed by atoms with E-state index in [9.17, 15) is 4.79 Å². The monoisotopic (exact) mass is 294 g/mol. The van der Waals surface area contributed by atoms with Crippen LogP contribution in [0.25, 0.3) is 0 Å². The molecule has 0 aliphatic carbocycles. The van der Waals surface area contributed by atoms with Crippen LogP contribution >= 0.6 is 0 Å². The van der Waals surface area contributed by atoms with Crippen molar-refractivity contribution in [3.05, 3.63) is 35.9 Å². The summed E-state index contributed by atoms with van der Waals surface area (Å²) in [5.74, 6) is 0. The highest BCUT2D eigenvalue weighted by molar-refractivity contribution is 5.59. The minimum Gasteiger partial charge on any atom is -0.424 e. The maximum absolute atomic E-state index is 11.6. The number of unbranched alkanes of at least 4 members (excludes halogenated alkanes) is 2. The van der Waals surface area contributed by atoms with Gasteiger partial charge in [-0.15, -0.1) is 0 Å². The van der Waals surface area contributed by atoms with Crippen LogP contribution in [0, 0.1) is 0 Å². The van der Waals surface area contributed by atoms with Crippen LogP contribution in [0.5, 0.6) is 0 Å². The van der Waals surface area contributed by atoms with Gasteiger partial charge in [0.25, 0.3) is 0 Å². The van der Waals surface area contributed by atoms with Crippen LogP contribution in [0.1, 0.15) is 65.0 Å². The molecule has 0 saturated heterocycles. The van der Waals surface area contributed by atoms with E-state index in [1.165, 1.54) is 0 Å². The van der Waals surface area contributed by atoms with Gasteiger partial charge in [-0.2, -0.15) is 4.89 Å². The molecule has 0 aromatic heterocycles. The fraction of sp³-hybridized carbons (Fsp3) is 0.588. The molecule has 0 aliphatic heterocycles. The first kappa shape index (κ1) is 17.5. The van der Waals surface area contributed by atoms with E-state index in [1.54, 1.807) is 6.92 Å². The molecule has 4 nitrogen and oxygen atoms in total. The molecule has 0 saturated carbocycles. The van der Waals surface area contributed by atoms with Gasteiger partial charge < -0.3 is 4.74 Å². The van der Waals surface area contributed by atoms with E-state index in [4.69, 9.17) is 14.5 Å². The highest BCUT2D eigenvalue weighted by atomic mass is 17.2. The molecular weight excluding hydrogens is 268 g/mol. The number of ether oxygens (including phenoxy) is 1. The van der Waals surface area contributed by atoms with Crippen LogP contribution in [-0.2, 0) is 14.5 Å². The largest absolute Gasteiger partial charge is 0.541 e. The van der Waals surface area contributed by atoms with Crippen molar-refractivity contribution in [3.63, 3.8) is 0 Å². The lowest BCUT2D eigenvalue weighted by Crippen LogP contribution is -2.26. The van der Waals surface area contributed by atoms with Crippen LogP contribution in [0.15, 0.2) is 30.3 Å². The topological polar surface area (TPSA) is 44.8 Å². The van der Waals surface area contributed by atoms with E-state index in [0.717, 1.165) is 31.2 Å². The zero-order valence-electron chi connectivity index (χ0n) is 13.4. The number of benzene rings is 1. The van der Waals surface area contributed by atoms with Crippen molar-refractivity contribution >= 4 is 6.16 Å². The van der Waals surface area contributed by atoms with Crippen LogP contribution in [0.2, 0.25) is 0 Å². The molecule has 0 radical (unpaired) electrons. The Bertz CT molecular complexity index is 414. The molecule has 1 unspecified atom stereocenters. The van der Waals surface area contributed by atoms with Gasteiger partial charge in [-0.05, 0) is 32.8 Å². The molecule has 0 N–H and O–H groups in total. The molecular formula is C17H26O4. The van der Waals surface area contributed by atoms with Gasteiger partial charge in [0, 0.05) is 0 Å². The van der Waals surface area contributed by atoms with Crippen LogP contribution in [-0.4, -0.2) is 11.8 Å². The Morgan fingerprint density at radius 2 is 1.86 bits per heavy atom. The van der Waals surface area contributed by atoms with Gasteiger partial charge in [0.15, 0.2) is 0 Å². The van der Waals surface area contributed by atoms with Crippen LogP contribution < -0.4 is 0 Å². The molecule has 21 heavy (non-hydrogen) atoms. The standard InChI is InChI=1S/C17H26O4/c1-5-6-10-13-17(3,4)21-20-16(18)19-14(2)15-11-8-7-9-12-15/h7-9,11-12,14H,5-6,10,13H2,1-4H3. The Morgan fingerprint density at radius 3 is 2.48 bits per heavy atom. The first-order valence-electron chi connectivity index (χ1n) is 7.56. The lowest BCUT2D eigenvalue weighted by molar-refractivity contribution is -0.320. The third-order valence-corrected chi connectivity index (χ3v) is 3.26. The van der Waals surface area contributed by atoms with Crippen molar-refractivity contribution in [1.82, 2.24) is 0 Å². The summed E-state index contributed by atoms with van der Waals surface area (Å²) >= 11 is 0. The summed E-state index contributed by atoms with van der Waals surface area (Å²) in [6, 6.07) is 9.50. The van der Waals surface area contributed by atoms with Gasteiger partial charge in [-0.25, -0.2) is 4.79 Å². The van der Waals surface area contributed by atoms with E-state index < -0.39 is 11.8 Å². The summed E-state index contributed by atoms with van der Waals surface area (Å²) in [4.78, 5) is 21.6. The maximum atomic E-state index is 11.6. The van der Waals surface area contributed by atoms with E-state index in [1.807, 2.05) is 44.2 Å². The van der Waals surface area contributed by atoms with E-state index >= 15 is 0 Å². The second-order valence-electron chi connectivity index (χ2n) is 5.80. The zero-order chi connectivity index (χ0) is 15.7. The Hall–Kier alpha value is -1.55. The molecule has 0 bridgehead atoms. The molecule has 0 heterocycles. The van der Waals surface area contributed by atoms with Crippen molar-refractivity contribution in [3.8, 4) is 0 Å². The van der Waals surface area contributed by atoms with Crippen molar-refractivity contribution in [2.45, 2.75) is 65.1 Å². The minimum atomic E-state index is -0.810. The molecule has 0 amide bonds. The first-order valence-corrected chi connectivity index (χ1v) is 7.56. The highest BCUT2D eigenvalue weighted by Crippen LogP contribution is 2.21. The number of carbonyl (C=O) groups is 1. The Labute approximate surface area is 127 Å². The van der Waals surface area contributed by atoms with Crippen molar-refractivity contribution in [2.75, 3.05) is 0 Å². The summed E-state index contributed by atoms with van der Waals surface area (Å²) in [5.41, 5.74) is 0.418. The number of rotatable bonds is 8. The Kier molecular flexibility index (Phi) is 7.23. The molecule has 1 aromatic carbocycles. The third-order valence-electron chi connectivity index (χ3n) is 3.26. The molecule has 0 spiro atoms. The Balaban J connectivity index is 2.33. The predicted octanol–water partition coefficient (Wildman–Crippen LogP) is 5.19. The van der Waals surface area contributed by atoms with Crippen molar-refractivity contribution < 1.29 is 19.3 Å². The van der Waals surface area contributed by atoms with Gasteiger partial charge in [-0.1, -0.05) is 56.5 Å². The van der Waals surface area contributed by atoms with E-state index in [-0.39, 0.29) is 6.10 Å². The van der Waals surface area contributed by atoms with Crippen LogP contribution in [0.3, 0.4) is 0 Å². The summed E-state index contributed by atoms with van der Waals surface area (Å²) in [5, 5.41) is 0. The van der Waals surface area contributed by atoms with Gasteiger partial charge in [0.05, 0.1) is 0 Å². The lowest BCUT2D eigenvalue weighted by Gasteiger charge is -2.22. The molecule has 0 aliphatic rings. The van der Waals surface area contributed by atoms with Gasteiger partial charge in [0.1, 0.15) is 11.7 Å². The lowest BCUT2D eigenvalue weighted by atomic mass is 10.0. The number of hydrogen-bond donors (Lipinski definition) is 0. The quantitative estimate of drug-likeness (QED) is 0.286. The smallest absolute Gasteiger partial charge is 0.424 e. The van der Waals surface area contributed by atoms with Crippen LogP contribution in [0.4, 0.5) is 4.79 Å². The fourth-order valence-electron chi connectivity index (χ4n) is 1.95. The third kappa shape index (κ3) is 7.14. The molecule has 118 valence electrons. The molecule has 1 rings (SSSR count). The summed E-state index contributed by atoms with van der Waals surface area (Å²) in [7, 11) is 0. The SMILES string of the molecule is CCCCCC(C)(C)OOC(=O)OC(C)c1ccccc1. The van der Waals surface area contributed by atoms with Gasteiger partial charge in [-0.3, -0.25) is 4.89 Å². The summed E-state index contributed by atoms with van der Waals surface area (Å²) in [6.45, 7) is 7.74. The zero-order valence-corrected chi connectivity index (χ0v) is 13.4. The summed E-state index contributed by atoms with van der Waals surface area (Å²) < 4.78 is 5.17. The van der Waals surface area contributed by atoms with Gasteiger partial charge >= 0.3 is 6.16 Å². The molecule has 0 fully saturated rings. The highest BCUT2D eigenvalue weighted by Gasteiger charge is 2.23. The van der Waals surface area contributed by atoms with Crippen molar-refractivity contribution in [1.29, 1.82) is 0 Å². The number of hydrogen-bond acceptors (Lipinski definition) is 4. The Morgan fingerprint density at radius 1 is 1.19 bits per heavy atom. The molecule has 1 aromatic rings. The number of carbonyl (C=O) groups excluding carboxylic acids is 1. The molecule has 1 atom stereocenters. The van der Waals surface area contributed by atoms with Crippen molar-refractivity contribution in [2.24, 2.45) is 0 Å². The average Bonchev–Trinajstić information content (AvgIpc) is 2.46. The molecule has 4 heteroatoms. The summed E-state index contributed by atoms with van der Waals surface area (Å²) in [6.07, 6.45) is 2.99. The maximum Gasteiger partial charge on any atom is 0.541 e. The van der Waals surface area contributed by atoms with Gasteiger partial charge in [0.2, 0.25) is 0 Å². The minimum absolute atomic E-state index is 0.370. The fourth-order valence-corrected chi connectivity index (χ4v) is 1.95.